The van der Waals surface area contributed by atoms with Crippen LogP contribution in [-0.4, -0.2) is 23.7 Å². The van der Waals surface area contributed by atoms with E-state index in [1.165, 1.54) is 12.8 Å². The first kappa shape index (κ1) is 15.1. The number of amides is 1. The minimum absolute atomic E-state index is 0.0283. The van der Waals surface area contributed by atoms with Gasteiger partial charge in [-0.3, -0.25) is 4.79 Å². The van der Waals surface area contributed by atoms with Crippen molar-refractivity contribution in [2.45, 2.75) is 38.1 Å². The second-order valence-corrected chi connectivity index (χ2v) is 6.41. The van der Waals surface area contributed by atoms with E-state index in [-0.39, 0.29) is 24.5 Å². The third-order valence-electron chi connectivity index (χ3n) is 5.14. The maximum Gasteiger partial charge on any atom is 0.230 e. The zero-order chi connectivity index (χ0) is 15.7. The van der Waals surface area contributed by atoms with Gasteiger partial charge in [0.05, 0.1) is 0 Å². The normalized spacial score (nSPS) is 27.8. The van der Waals surface area contributed by atoms with Gasteiger partial charge in [-0.15, -0.1) is 0 Å². The fourth-order valence-corrected chi connectivity index (χ4v) is 4.09. The third kappa shape index (κ3) is 2.52. The Labute approximate surface area is 131 Å². The van der Waals surface area contributed by atoms with Crippen LogP contribution in [0.1, 0.15) is 37.7 Å². The number of aliphatic hydroxyl groups excluding tert-OH is 1. The molecule has 2 aliphatic rings. The summed E-state index contributed by atoms with van der Waals surface area (Å²) in [5.41, 5.74) is 8.07. The van der Waals surface area contributed by atoms with Crippen molar-refractivity contribution in [2.75, 3.05) is 11.5 Å². The topological polar surface area (TPSA) is 66.6 Å². The van der Waals surface area contributed by atoms with Crippen molar-refractivity contribution in [3.8, 4) is 0 Å². The molecule has 22 heavy (non-hydrogen) atoms. The van der Waals surface area contributed by atoms with Crippen molar-refractivity contribution in [3.63, 3.8) is 0 Å². The average Bonchev–Trinajstić information content (AvgIpc) is 2.80. The van der Waals surface area contributed by atoms with Crippen LogP contribution in [-0.2, 0) is 4.79 Å². The zero-order valence-corrected chi connectivity index (χ0v) is 12.9. The number of aliphatic hydroxyl groups is 1. The van der Waals surface area contributed by atoms with Crippen molar-refractivity contribution in [1.82, 2.24) is 0 Å². The summed E-state index contributed by atoms with van der Waals surface area (Å²) in [6.07, 6.45) is 5.10. The van der Waals surface area contributed by atoms with Crippen molar-refractivity contribution in [1.29, 1.82) is 0 Å². The maximum atomic E-state index is 12.9. The van der Waals surface area contributed by atoms with Crippen molar-refractivity contribution >= 4 is 17.3 Å². The summed E-state index contributed by atoms with van der Waals surface area (Å²) in [6, 6.07) is 8.03. The second kappa shape index (κ2) is 6.13. The van der Waals surface area contributed by atoms with Crippen LogP contribution in [0, 0.1) is 11.8 Å². The van der Waals surface area contributed by atoms with Gasteiger partial charge >= 0.3 is 0 Å². The van der Waals surface area contributed by atoms with E-state index in [4.69, 9.17) is 5.73 Å². The summed E-state index contributed by atoms with van der Waals surface area (Å²) >= 11 is 0. The molecule has 2 fully saturated rings. The largest absolute Gasteiger partial charge is 0.399 e. The van der Waals surface area contributed by atoms with Gasteiger partial charge in [-0.2, -0.15) is 0 Å². The number of carbonyl (C=O) groups excluding carboxylic acids is 1. The van der Waals surface area contributed by atoms with E-state index in [9.17, 15) is 9.90 Å². The van der Waals surface area contributed by atoms with Crippen LogP contribution in [0.5, 0.6) is 0 Å². The standard InChI is InChI=1S/C18H24N2O2/c1-12(19)13-6-8-14(9-7-13)20-17-5-3-2-4-15(17)16(10-11-21)18(20)22/h6-9,15-17,21H,1-5,10-11,19H2. The van der Waals surface area contributed by atoms with E-state index >= 15 is 0 Å². The molecule has 4 heteroatoms. The number of anilines is 1. The van der Waals surface area contributed by atoms with Gasteiger partial charge in [0, 0.05) is 30.0 Å². The summed E-state index contributed by atoms with van der Waals surface area (Å²) < 4.78 is 0. The molecule has 3 atom stereocenters. The average molecular weight is 300 g/mol. The lowest BCUT2D eigenvalue weighted by Crippen LogP contribution is -2.36. The van der Waals surface area contributed by atoms with E-state index in [1.54, 1.807) is 0 Å². The quantitative estimate of drug-likeness (QED) is 0.898. The number of hydrogen-bond donors (Lipinski definition) is 2. The first-order valence-corrected chi connectivity index (χ1v) is 8.12. The molecular weight excluding hydrogens is 276 g/mol. The van der Waals surface area contributed by atoms with Gasteiger partial charge in [0.1, 0.15) is 0 Å². The molecule has 1 amide bonds. The van der Waals surface area contributed by atoms with Crippen LogP contribution in [0.15, 0.2) is 30.8 Å². The Kier molecular flexibility index (Phi) is 4.21. The number of nitrogens with two attached hydrogens (primary N) is 1. The SMILES string of the molecule is C=C(N)c1ccc(N2C(=O)C(CCO)C3CCCCC32)cc1. The van der Waals surface area contributed by atoms with Gasteiger partial charge in [0.15, 0.2) is 0 Å². The molecule has 1 heterocycles. The van der Waals surface area contributed by atoms with Crippen LogP contribution in [0.3, 0.4) is 0 Å². The molecule has 0 radical (unpaired) electrons. The molecule has 1 aromatic carbocycles. The molecule has 1 saturated heterocycles. The number of hydrogen-bond acceptors (Lipinski definition) is 3. The number of rotatable bonds is 4. The lowest BCUT2D eigenvalue weighted by atomic mass is 9.78. The van der Waals surface area contributed by atoms with E-state index in [1.807, 2.05) is 29.2 Å². The third-order valence-corrected chi connectivity index (χ3v) is 5.14. The molecule has 3 N–H and O–H groups in total. The minimum atomic E-state index is -0.0283. The molecule has 0 spiro atoms. The number of fused-ring (bicyclic) bond motifs is 1. The van der Waals surface area contributed by atoms with Gasteiger partial charge in [0.2, 0.25) is 5.91 Å². The first-order valence-electron chi connectivity index (χ1n) is 8.12. The summed E-state index contributed by atoms with van der Waals surface area (Å²) in [7, 11) is 0. The lowest BCUT2D eigenvalue weighted by Gasteiger charge is -2.32. The van der Waals surface area contributed by atoms with Crippen LogP contribution in [0.2, 0.25) is 0 Å². The number of nitrogens with zero attached hydrogens (tertiary/aromatic N) is 1. The van der Waals surface area contributed by atoms with E-state index in [2.05, 4.69) is 6.58 Å². The molecule has 1 saturated carbocycles. The van der Waals surface area contributed by atoms with Crippen LogP contribution in [0.4, 0.5) is 5.69 Å². The van der Waals surface area contributed by atoms with Crippen molar-refractivity contribution in [2.24, 2.45) is 17.6 Å². The van der Waals surface area contributed by atoms with E-state index in [0.717, 1.165) is 24.1 Å². The molecule has 1 aliphatic carbocycles. The molecule has 1 aliphatic heterocycles. The molecular formula is C18H24N2O2. The van der Waals surface area contributed by atoms with Crippen LogP contribution < -0.4 is 10.6 Å². The summed E-state index contributed by atoms with van der Waals surface area (Å²) in [4.78, 5) is 14.8. The summed E-state index contributed by atoms with van der Waals surface area (Å²) in [6.45, 7) is 3.82. The predicted molar refractivity (Wildman–Crippen MR) is 88.1 cm³/mol. The van der Waals surface area contributed by atoms with Crippen molar-refractivity contribution in [3.05, 3.63) is 36.4 Å². The number of carbonyl (C=O) groups is 1. The fourth-order valence-electron chi connectivity index (χ4n) is 4.09. The fraction of sp³-hybridized carbons (Fsp3) is 0.500. The van der Waals surface area contributed by atoms with Gasteiger partial charge in [-0.25, -0.2) is 0 Å². The maximum absolute atomic E-state index is 12.9. The second-order valence-electron chi connectivity index (χ2n) is 6.41. The first-order chi connectivity index (χ1) is 10.6. The molecule has 0 bridgehead atoms. The summed E-state index contributed by atoms with van der Waals surface area (Å²) in [5, 5.41) is 9.29. The highest BCUT2D eigenvalue weighted by Gasteiger charge is 2.48. The Morgan fingerprint density at radius 3 is 2.59 bits per heavy atom. The van der Waals surface area contributed by atoms with Gasteiger partial charge in [-0.05, 0) is 42.9 Å². The molecule has 3 unspecified atom stereocenters. The smallest absolute Gasteiger partial charge is 0.230 e. The van der Waals surface area contributed by atoms with Crippen LogP contribution in [0.25, 0.3) is 5.70 Å². The molecule has 3 rings (SSSR count). The number of benzene rings is 1. The lowest BCUT2D eigenvalue weighted by molar-refractivity contribution is -0.121. The van der Waals surface area contributed by atoms with Crippen LogP contribution >= 0.6 is 0 Å². The molecule has 0 aromatic heterocycles. The molecule has 1 aromatic rings. The van der Waals surface area contributed by atoms with E-state index < -0.39 is 0 Å². The highest BCUT2D eigenvalue weighted by Crippen LogP contribution is 2.44. The van der Waals surface area contributed by atoms with Gasteiger partial charge in [0.25, 0.3) is 0 Å². The molecule has 4 nitrogen and oxygen atoms in total. The van der Waals surface area contributed by atoms with Crippen molar-refractivity contribution < 1.29 is 9.90 Å². The Balaban J connectivity index is 1.90. The predicted octanol–water partition coefficient (Wildman–Crippen LogP) is 2.52. The Hall–Kier alpha value is -1.81. The van der Waals surface area contributed by atoms with E-state index in [0.29, 0.717) is 18.0 Å². The van der Waals surface area contributed by atoms with Gasteiger partial charge < -0.3 is 15.7 Å². The highest BCUT2D eigenvalue weighted by molar-refractivity contribution is 5.98. The monoisotopic (exact) mass is 300 g/mol. The Morgan fingerprint density at radius 2 is 1.95 bits per heavy atom. The zero-order valence-electron chi connectivity index (χ0n) is 12.9. The highest BCUT2D eigenvalue weighted by atomic mass is 16.3. The summed E-state index contributed by atoms with van der Waals surface area (Å²) in [5.74, 6) is 0.530. The van der Waals surface area contributed by atoms with Gasteiger partial charge in [-0.1, -0.05) is 31.6 Å². The minimum Gasteiger partial charge on any atom is -0.399 e. The Bertz CT molecular complexity index is 567. The molecule has 118 valence electrons. The Morgan fingerprint density at radius 1 is 1.27 bits per heavy atom.